The summed E-state index contributed by atoms with van der Waals surface area (Å²) in [4.78, 5) is 0. The molecule has 84 valence electrons. The SMILES string of the molecule is Clc1cc(Cl)c(OCc2ccco2)c(Cl)c1. The van der Waals surface area contributed by atoms with E-state index in [4.69, 9.17) is 44.0 Å². The second-order valence-corrected chi connectivity index (χ2v) is 4.32. The van der Waals surface area contributed by atoms with Crippen molar-refractivity contribution in [3.63, 3.8) is 0 Å². The van der Waals surface area contributed by atoms with Gasteiger partial charge in [-0.25, -0.2) is 0 Å². The molecule has 0 N–H and O–H groups in total. The fourth-order valence-corrected chi connectivity index (χ4v) is 2.13. The largest absolute Gasteiger partial charge is 0.483 e. The number of rotatable bonds is 3. The third-order valence-electron chi connectivity index (χ3n) is 1.90. The van der Waals surface area contributed by atoms with Gasteiger partial charge in [0, 0.05) is 5.02 Å². The fourth-order valence-electron chi connectivity index (χ4n) is 1.20. The average Bonchev–Trinajstić information content (AvgIpc) is 2.68. The summed E-state index contributed by atoms with van der Waals surface area (Å²) in [6, 6.07) is 6.74. The highest BCUT2D eigenvalue weighted by Gasteiger charge is 2.09. The summed E-state index contributed by atoms with van der Waals surface area (Å²) in [5.74, 6) is 1.10. The topological polar surface area (TPSA) is 22.4 Å². The average molecular weight is 278 g/mol. The van der Waals surface area contributed by atoms with E-state index >= 15 is 0 Å². The normalized spacial score (nSPS) is 10.4. The molecule has 1 heterocycles. The van der Waals surface area contributed by atoms with Crippen molar-refractivity contribution in [2.45, 2.75) is 6.61 Å². The predicted octanol–water partition coefficient (Wildman–Crippen LogP) is 4.82. The van der Waals surface area contributed by atoms with Crippen molar-refractivity contribution in [3.8, 4) is 5.75 Å². The van der Waals surface area contributed by atoms with E-state index < -0.39 is 0 Å². The molecule has 0 saturated heterocycles. The Morgan fingerprint density at radius 1 is 1.12 bits per heavy atom. The summed E-state index contributed by atoms with van der Waals surface area (Å²) in [5, 5.41) is 1.23. The maximum absolute atomic E-state index is 5.95. The first-order valence-electron chi connectivity index (χ1n) is 4.46. The van der Waals surface area contributed by atoms with Crippen LogP contribution in [-0.2, 0) is 6.61 Å². The third-order valence-corrected chi connectivity index (χ3v) is 2.68. The van der Waals surface area contributed by atoms with E-state index in [0.717, 1.165) is 0 Å². The summed E-state index contributed by atoms with van der Waals surface area (Å²) >= 11 is 17.7. The zero-order valence-electron chi connectivity index (χ0n) is 8.04. The van der Waals surface area contributed by atoms with Gasteiger partial charge < -0.3 is 9.15 Å². The quantitative estimate of drug-likeness (QED) is 0.802. The van der Waals surface area contributed by atoms with Gasteiger partial charge in [0.05, 0.1) is 16.3 Å². The van der Waals surface area contributed by atoms with Gasteiger partial charge in [-0.2, -0.15) is 0 Å². The number of hydrogen-bond acceptors (Lipinski definition) is 2. The van der Waals surface area contributed by atoms with Gasteiger partial charge >= 0.3 is 0 Å². The van der Waals surface area contributed by atoms with Crippen LogP contribution in [0.4, 0.5) is 0 Å². The molecule has 0 radical (unpaired) electrons. The second kappa shape index (κ2) is 5.00. The zero-order valence-corrected chi connectivity index (χ0v) is 10.3. The molecule has 1 aromatic carbocycles. The van der Waals surface area contributed by atoms with Crippen LogP contribution in [0.1, 0.15) is 5.76 Å². The molecule has 16 heavy (non-hydrogen) atoms. The molecule has 0 fully saturated rings. The molecule has 0 amide bonds. The molecule has 2 aromatic rings. The Labute approximate surface area is 108 Å². The van der Waals surface area contributed by atoms with E-state index in [-0.39, 0.29) is 6.61 Å². The van der Waals surface area contributed by atoms with E-state index in [1.807, 2.05) is 0 Å². The van der Waals surface area contributed by atoms with Crippen molar-refractivity contribution < 1.29 is 9.15 Å². The lowest BCUT2D eigenvalue weighted by molar-refractivity contribution is 0.270. The van der Waals surface area contributed by atoms with E-state index in [9.17, 15) is 0 Å². The maximum atomic E-state index is 5.95. The van der Waals surface area contributed by atoms with Crippen LogP contribution in [0.5, 0.6) is 5.75 Å². The molecule has 2 rings (SSSR count). The van der Waals surface area contributed by atoms with Crippen molar-refractivity contribution in [1.82, 2.24) is 0 Å². The van der Waals surface area contributed by atoms with E-state index in [0.29, 0.717) is 26.6 Å². The molecule has 5 heteroatoms. The molecule has 2 nitrogen and oxygen atoms in total. The molecule has 0 spiro atoms. The summed E-state index contributed by atoms with van der Waals surface area (Å²) in [5.41, 5.74) is 0. The van der Waals surface area contributed by atoms with Crippen molar-refractivity contribution in [1.29, 1.82) is 0 Å². The highest BCUT2D eigenvalue weighted by molar-refractivity contribution is 6.40. The Morgan fingerprint density at radius 3 is 2.38 bits per heavy atom. The first-order valence-corrected chi connectivity index (χ1v) is 5.60. The summed E-state index contributed by atoms with van der Waals surface area (Å²) in [7, 11) is 0. The van der Waals surface area contributed by atoms with Crippen LogP contribution in [-0.4, -0.2) is 0 Å². The van der Waals surface area contributed by atoms with Crippen LogP contribution in [0.15, 0.2) is 34.9 Å². The molecule has 0 aliphatic rings. The molecular weight excluding hydrogens is 270 g/mol. The summed E-state index contributed by atoms with van der Waals surface area (Å²) in [6.07, 6.45) is 1.57. The van der Waals surface area contributed by atoms with Crippen LogP contribution in [0.25, 0.3) is 0 Å². The molecule has 0 bridgehead atoms. The first kappa shape index (κ1) is 11.6. The Balaban J connectivity index is 2.15. The molecule has 0 saturated carbocycles. The number of benzene rings is 1. The molecule has 1 aromatic heterocycles. The van der Waals surface area contributed by atoms with Gasteiger partial charge in [-0.1, -0.05) is 34.8 Å². The second-order valence-electron chi connectivity index (χ2n) is 3.07. The summed E-state index contributed by atoms with van der Waals surface area (Å²) < 4.78 is 10.6. The van der Waals surface area contributed by atoms with Gasteiger partial charge in [0.1, 0.15) is 12.4 Å². The highest BCUT2D eigenvalue weighted by Crippen LogP contribution is 2.36. The third kappa shape index (κ3) is 2.64. The van der Waals surface area contributed by atoms with Crippen LogP contribution >= 0.6 is 34.8 Å². The lowest BCUT2D eigenvalue weighted by atomic mass is 10.3. The summed E-state index contributed by atoms with van der Waals surface area (Å²) in [6.45, 7) is 0.272. The minimum absolute atomic E-state index is 0.272. The Hall–Kier alpha value is -0.830. The Morgan fingerprint density at radius 2 is 1.81 bits per heavy atom. The van der Waals surface area contributed by atoms with Gasteiger partial charge in [0.25, 0.3) is 0 Å². The number of furan rings is 1. The molecule has 0 aliphatic carbocycles. The van der Waals surface area contributed by atoms with E-state index in [1.165, 1.54) is 0 Å². The van der Waals surface area contributed by atoms with Gasteiger partial charge in [0.2, 0.25) is 0 Å². The predicted molar refractivity (Wildman–Crippen MR) is 64.5 cm³/mol. The van der Waals surface area contributed by atoms with E-state index in [2.05, 4.69) is 0 Å². The van der Waals surface area contributed by atoms with Crippen LogP contribution in [0, 0.1) is 0 Å². The van der Waals surface area contributed by atoms with Gasteiger partial charge in [-0.15, -0.1) is 0 Å². The van der Waals surface area contributed by atoms with Crippen LogP contribution in [0.3, 0.4) is 0 Å². The molecule has 0 atom stereocenters. The standard InChI is InChI=1S/C11H7Cl3O2/c12-7-4-9(13)11(10(14)5-7)16-6-8-2-1-3-15-8/h1-5H,6H2. The van der Waals surface area contributed by atoms with Crippen molar-refractivity contribution in [2.24, 2.45) is 0 Å². The lowest BCUT2D eigenvalue weighted by Gasteiger charge is -2.08. The number of ether oxygens (including phenoxy) is 1. The Bertz CT molecular complexity index is 457. The zero-order chi connectivity index (χ0) is 11.5. The molecular formula is C11H7Cl3O2. The monoisotopic (exact) mass is 276 g/mol. The minimum Gasteiger partial charge on any atom is -0.483 e. The number of halogens is 3. The fraction of sp³-hybridized carbons (Fsp3) is 0.0909. The van der Waals surface area contributed by atoms with Gasteiger partial charge in [-0.05, 0) is 24.3 Å². The highest BCUT2D eigenvalue weighted by atomic mass is 35.5. The van der Waals surface area contributed by atoms with E-state index in [1.54, 1.807) is 30.5 Å². The van der Waals surface area contributed by atoms with Gasteiger partial charge in [-0.3, -0.25) is 0 Å². The van der Waals surface area contributed by atoms with Crippen molar-refractivity contribution in [2.75, 3.05) is 0 Å². The lowest BCUT2D eigenvalue weighted by Crippen LogP contribution is -1.95. The van der Waals surface area contributed by atoms with Gasteiger partial charge in [0.15, 0.2) is 5.75 Å². The van der Waals surface area contributed by atoms with Crippen LogP contribution in [0.2, 0.25) is 15.1 Å². The Kier molecular flexibility index (Phi) is 3.64. The van der Waals surface area contributed by atoms with Crippen LogP contribution < -0.4 is 4.74 Å². The smallest absolute Gasteiger partial charge is 0.157 e. The molecule has 0 unspecified atom stereocenters. The van der Waals surface area contributed by atoms with Crippen molar-refractivity contribution in [3.05, 3.63) is 51.4 Å². The molecule has 0 aliphatic heterocycles. The number of hydrogen-bond donors (Lipinski definition) is 0. The minimum atomic E-state index is 0.272. The maximum Gasteiger partial charge on any atom is 0.157 e. The van der Waals surface area contributed by atoms with Crippen molar-refractivity contribution >= 4 is 34.8 Å². The first-order chi connectivity index (χ1) is 7.66.